The van der Waals surface area contributed by atoms with E-state index in [1.807, 2.05) is 6.07 Å². The number of anilines is 1. The molecule has 2 rings (SSSR count). The van der Waals surface area contributed by atoms with E-state index < -0.39 is 22.7 Å². The molecule has 1 saturated heterocycles. The number of hydrogen-bond donors (Lipinski definition) is 1. The SMILES string of the molecule is N#CC1CN(c2c(Cl)cc([N+](=O)[O-])cc2C(=O)O)CCO1. The van der Waals surface area contributed by atoms with Gasteiger partial charge in [0.15, 0.2) is 6.10 Å². The number of morpholine rings is 1. The van der Waals surface area contributed by atoms with Crippen LogP contribution >= 0.6 is 11.6 Å². The fourth-order valence-corrected chi connectivity index (χ4v) is 2.44. The highest BCUT2D eigenvalue weighted by molar-refractivity contribution is 6.34. The molecule has 1 aliphatic heterocycles. The first-order valence-electron chi connectivity index (χ1n) is 5.91. The van der Waals surface area contributed by atoms with Crippen LogP contribution in [0, 0.1) is 21.4 Å². The normalized spacial score (nSPS) is 18.1. The number of nitro benzene ring substituents is 1. The van der Waals surface area contributed by atoms with Crippen molar-refractivity contribution in [1.29, 1.82) is 5.26 Å². The summed E-state index contributed by atoms with van der Waals surface area (Å²) in [6.45, 7) is 0.731. The number of nitriles is 1. The largest absolute Gasteiger partial charge is 0.478 e. The van der Waals surface area contributed by atoms with E-state index in [9.17, 15) is 20.0 Å². The quantitative estimate of drug-likeness (QED) is 0.666. The number of benzene rings is 1. The minimum absolute atomic E-state index is 0.0415. The fourth-order valence-electron chi connectivity index (χ4n) is 2.11. The van der Waals surface area contributed by atoms with Gasteiger partial charge in [0.05, 0.1) is 40.4 Å². The number of halogens is 1. The lowest BCUT2D eigenvalue weighted by atomic mass is 10.1. The topological polar surface area (TPSA) is 117 Å². The van der Waals surface area contributed by atoms with E-state index in [0.29, 0.717) is 6.54 Å². The third kappa shape index (κ3) is 3.04. The van der Waals surface area contributed by atoms with Gasteiger partial charge in [0.2, 0.25) is 0 Å². The first-order chi connectivity index (χ1) is 9.93. The molecule has 1 aliphatic rings. The third-order valence-corrected chi connectivity index (χ3v) is 3.30. The number of nitro groups is 1. The molecule has 1 heterocycles. The maximum atomic E-state index is 11.3. The summed E-state index contributed by atoms with van der Waals surface area (Å²) in [6.07, 6.45) is -0.702. The van der Waals surface area contributed by atoms with Crippen LogP contribution in [-0.4, -0.2) is 41.8 Å². The lowest BCUT2D eigenvalue weighted by molar-refractivity contribution is -0.384. The first-order valence-corrected chi connectivity index (χ1v) is 6.29. The second kappa shape index (κ2) is 5.95. The Labute approximate surface area is 124 Å². The van der Waals surface area contributed by atoms with E-state index in [-0.39, 0.29) is 29.4 Å². The van der Waals surface area contributed by atoms with Gasteiger partial charge in [-0.05, 0) is 0 Å². The van der Waals surface area contributed by atoms with Gasteiger partial charge in [0.1, 0.15) is 0 Å². The minimum Gasteiger partial charge on any atom is -0.478 e. The molecule has 0 aromatic heterocycles. The van der Waals surface area contributed by atoms with Gasteiger partial charge < -0.3 is 14.7 Å². The minimum atomic E-state index is -1.32. The van der Waals surface area contributed by atoms with Crippen LogP contribution in [0.3, 0.4) is 0 Å². The maximum Gasteiger partial charge on any atom is 0.338 e. The standard InChI is InChI=1S/C12H10ClN3O5/c13-10-4-7(16(19)20)3-9(12(17)18)11(10)15-1-2-21-8(5-14)6-15/h3-4,8H,1-2,6H2,(H,17,18). The molecule has 0 radical (unpaired) electrons. The van der Waals surface area contributed by atoms with Crippen molar-refractivity contribution in [3.05, 3.63) is 32.8 Å². The number of carboxylic acids is 1. The van der Waals surface area contributed by atoms with Gasteiger partial charge in [0.25, 0.3) is 5.69 Å². The van der Waals surface area contributed by atoms with Crippen molar-refractivity contribution in [3.8, 4) is 6.07 Å². The maximum absolute atomic E-state index is 11.3. The highest BCUT2D eigenvalue weighted by Gasteiger charge is 2.28. The molecule has 0 saturated carbocycles. The van der Waals surface area contributed by atoms with Gasteiger partial charge in [-0.3, -0.25) is 10.1 Å². The molecule has 110 valence electrons. The van der Waals surface area contributed by atoms with Gasteiger partial charge in [-0.25, -0.2) is 4.79 Å². The molecule has 0 spiro atoms. The molecule has 8 nitrogen and oxygen atoms in total. The smallest absolute Gasteiger partial charge is 0.338 e. The van der Waals surface area contributed by atoms with Gasteiger partial charge in [-0.1, -0.05) is 11.6 Å². The predicted octanol–water partition coefficient (Wildman–Crippen LogP) is 1.68. The number of rotatable bonds is 3. The lowest BCUT2D eigenvalue weighted by Crippen LogP contribution is -2.42. The van der Waals surface area contributed by atoms with E-state index in [2.05, 4.69) is 0 Å². The number of ether oxygens (including phenoxy) is 1. The highest BCUT2D eigenvalue weighted by Crippen LogP contribution is 2.35. The molecule has 21 heavy (non-hydrogen) atoms. The Morgan fingerprint density at radius 3 is 2.90 bits per heavy atom. The number of carboxylic acid groups (broad SMARTS) is 1. The van der Waals surface area contributed by atoms with Crippen molar-refractivity contribution in [2.45, 2.75) is 6.10 Å². The average molecular weight is 312 g/mol. The number of nitrogens with zero attached hydrogens (tertiary/aromatic N) is 3. The summed E-state index contributed by atoms with van der Waals surface area (Å²) in [5.74, 6) is -1.32. The zero-order chi connectivity index (χ0) is 15.6. The van der Waals surface area contributed by atoms with Gasteiger partial charge in [0, 0.05) is 18.7 Å². The Bertz CT molecular complexity index is 643. The molecule has 0 aliphatic carbocycles. The summed E-state index contributed by atoms with van der Waals surface area (Å²) in [5, 5.41) is 28.9. The van der Waals surface area contributed by atoms with Crippen molar-refractivity contribution in [3.63, 3.8) is 0 Å². The van der Waals surface area contributed by atoms with Crippen LogP contribution in [0.2, 0.25) is 5.02 Å². The van der Waals surface area contributed by atoms with Crippen LogP contribution in [-0.2, 0) is 4.74 Å². The van der Waals surface area contributed by atoms with Crippen molar-refractivity contribution in [1.82, 2.24) is 0 Å². The lowest BCUT2D eigenvalue weighted by Gasteiger charge is -2.32. The van der Waals surface area contributed by atoms with Crippen LogP contribution in [0.25, 0.3) is 0 Å². The van der Waals surface area contributed by atoms with Crippen LogP contribution in [0.1, 0.15) is 10.4 Å². The molecule has 9 heteroatoms. The zero-order valence-electron chi connectivity index (χ0n) is 10.7. The summed E-state index contributed by atoms with van der Waals surface area (Å²) in [6, 6.07) is 3.99. The van der Waals surface area contributed by atoms with E-state index >= 15 is 0 Å². The molecule has 1 atom stereocenters. The molecule has 1 N–H and O–H groups in total. The van der Waals surface area contributed by atoms with E-state index in [1.54, 1.807) is 4.90 Å². The van der Waals surface area contributed by atoms with Crippen LogP contribution < -0.4 is 4.90 Å². The Morgan fingerprint density at radius 1 is 1.62 bits per heavy atom. The van der Waals surface area contributed by atoms with Gasteiger partial charge in [-0.2, -0.15) is 5.26 Å². The summed E-state index contributed by atoms with van der Waals surface area (Å²) >= 11 is 6.01. The summed E-state index contributed by atoms with van der Waals surface area (Å²) in [4.78, 5) is 23.0. The molecule has 1 unspecified atom stereocenters. The summed E-state index contributed by atoms with van der Waals surface area (Å²) in [5.41, 5.74) is -0.502. The number of non-ortho nitro benzene ring substituents is 1. The highest BCUT2D eigenvalue weighted by atomic mass is 35.5. The first kappa shape index (κ1) is 15.0. The molecule has 1 fully saturated rings. The molecule has 0 bridgehead atoms. The number of aromatic carboxylic acids is 1. The molecule has 1 aromatic carbocycles. The predicted molar refractivity (Wildman–Crippen MR) is 72.6 cm³/mol. The summed E-state index contributed by atoms with van der Waals surface area (Å²) in [7, 11) is 0. The van der Waals surface area contributed by atoms with Crippen molar-refractivity contribution in [2.24, 2.45) is 0 Å². The Kier molecular flexibility index (Phi) is 4.26. The van der Waals surface area contributed by atoms with Crippen molar-refractivity contribution < 1.29 is 19.6 Å². The Balaban J connectivity index is 2.49. The molecule has 0 amide bonds. The number of hydrogen-bond acceptors (Lipinski definition) is 6. The zero-order valence-corrected chi connectivity index (χ0v) is 11.4. The monoisotopic (exact) mass is 311 g/mol. The van der Waals surface area contributed by atoms with Crippen molar-refractivity contribution in [2.75, 3.05) is 24.6 Å². The van der Waals surface area contributed by atoms with Crippen molar-refractivity contribution >= 4 is 28.9 Å². The molecular formula is C12H10ClN3O5. The second-order valence-corrected chi connectivity index (χ2v) is 4.73. The van der Waals surface area contributed by atoms with Gasteiger partial charge >= 0.3 is 5.97 Å². The fraction of sp³-hybridized carbons (Fsp3) is 0.333. The Morgan fingerprint density at radius 2 is 2.33 bits per heavy atom. The molecular weight excluding hydrogens is 302 g/mol. The number of carbonyl (C=O) groups is 1. The van der Waals surface area contributed by atoms with Crippen LogP contribution in [0.15, 0.2) is 12.1 Å². The van der Waals surface area contributed by atoms with E-state index in [4.69, 9.17) is 21.6 Å². The van der Waals surface area contributed by atoms with Crippen LogP contribution in [0.4, 0.5) is 11.4 Å². The average Bonchev–Trinajstić information content (AvgIpc) is 2.46. The third-order valence-electron chi connectivity index (χ3n) is 3.02. The molecule has 1 aromatic rings. The van der Waals surface area contributed by atoms with E-state index in [1.165, 1.54) is 0 Å². The Hall–Kier alpha value is -2.37. The summed E-state index contributed by atoms with van der Waals surface area (Å²) < 4.78 is 5.18. The van der Waals surface area contributed by atoms with Crippen LogP contribution in [0.5, 0.6) is 0 Å². The van der Waals surface area contributed by atoms with E-state index in [0.717, 1.165) is 12.1 Å². The second-order valence-electron chi connectivity index (χ2n) is 4.32. The van der Waals surface area contributed by atoms with Gasteiger partial charge in [-0.15, -0.1) is 0 Å².